The third kappa shape index (κ3) is 4.30. The molecular weight excluding hydrogens is 350 g/mol. The zero-order valence-corrected chi connectivity index (χ0v) is 16.1. The van der Waals surface area contributed by atoms with E-state index >= 15 is 0 Å². The van der Waals surface area contributed by atoms with E-state index in [4.69, 9.17) is 0 Å². The minimum atomic E-state index is 0.0270. The molecule has 0 saturated carbocycles. The van der Waals surface area contributed by atoms with Crippen LogP contribution in [0.15, 0.2) is 60.7 Å². The molecule has 0 bridgehead atoms. The van der Waals surface area contributed by atoms with Gasteiger partial charge in [0.2, 0.25) is 0 Å². The molecule has 146 valence electrons. The zero-order valence-electron chi connectivity index (χ0n) is 16.1. The molecule has 2 aliphatic heterocycles. The summed E-state index contributed by atoms with van der Waals surface area (Å²) in [5, 5.41) is 12.5. The Labute approximate surface area is 166 Å². The Bertz CT molecular complexity index is 833. The van der Waals surface area contributed by atoms with Crippen molar-refractivity contribution >= 4 is 17.3 Å². The molecule has 28 heavy (non-hydrogen) atoms. The molecule has 2 heterocycles. The molecule has 2 N–H and O–H groups in total. The molecule has 0 radical (unpaired) electrons. The zero-order chi connectivity index (χ0) is 19.3. The minimum absolute atomic E-state index is 0.0270. The van der Waals surface area contributed by atoms with Gasteiger partial charge in [-0.05, 0) is 54.2 Å². The van der Waals surface area contributed by atoms with Crippen LogP contribution in [0.1, 0.15) is 18.4 Å². The van der Waals surface area contributed by atoms with Gasteiger partial charge in [-0.3, -0.25) is 0 Å². The van der Waals surface area contributed by atoms with Crippen molar-refractivity contribution in [2.45, 2.75) is 12.8 Å². The van der Waals surface area contributed by atoms with Crippen molar-refractivity contribution in [3.05, 3.63) is 66.2 Å². The monoisotopic (exact) mass is 377 g/mol. The summed E-state index contributed by atoms with van der Waals surface area (Å²) in [6.07, 6.45) is 4.06. The molecule has 1 unspecified atom stereocenters. The summed E-state index contributed by atoms with van der Waals surface area (Å²) in [7, 11) is 0. The molecule has 2 aliphatic rings. The van der Waals surface area contributed by atoms with E-state index in [1.807, 2.05) is 23.1 Å². The van der Waals surface area contributed by atoms with Crippen molar-refractivity contribution in [3.8, 4) is 5.75 Å². The number of amides is 2. The highest BCUT2D eigenvalue weighted by molar-refractivity contribution is 5.76. The maximum absolute atomic E-state index is 12.5. The summed E-state index contributed by atoms with van der Waals surface area (Å²) in [6, 6.07) is 17.8. The first kappa shape index (κ1) is 18.4. The standard InChI is InChI=1S/C23H27N3O2/c27-22-8-6-19(7-9-22)20-11-14-25(15-12-20)23(28)24-16-18-10-13-26(17-18)21-4-2-1-3-5-21/h1-9,11,18,27H,10,12-17H2,(H,24,28). The molecular formula is C23H27N3O2. The third-order valence-corrected chi connectivity index (χ3v) is 5.68. The lowest BCUT2D eigenvalue weighted by molar-refractivity contribution is 0.201. The van der Waals surface area contributed by atoms with Gasteiger partial charge in [-0.2, -0.15) is 0 Å². The Morgan fingerprint density at radius 2 is 1.86 bits per heavy atom. The molecule has 0 aliphatic carbocycles. The second kappa shape index (κ2) is 8.38. The number of hydrogen-bond donors (Lipinski definition) is 2. The second-order valence-corrected chi connectivity index (χ2v) is 7.59. The molecule has 0 spiro atoms. The van der Waals surface area contributed by atoms with E-state index in [2.05, 4.69) is 40.6 Å². The van der Waals surface area contributed by atoms with Gasteiger partial charge in [-0.25, -0.2) is 4.79 Å². The Balaban J connectivity index is 1.24. The highest BCUT2D eigenvalue weighted by Gasteiger charge is 2.24. The molecule has 5 heteroatoms. The second-order valence-electron chi connectivity index (χ2n) is 7.59. The molecule has 2 aromatic rings. The van der Waals surface area contributed by atoms with Crippen molar-refractivity contribution in [2.75, 3.05) is 37.6 Å². The fourth-order valence-electron chi connectivity index (χ4n) is 4.01. The lowest BCUT2D eigenvalue weighted by Gasteiger charge is -2.27. The van der Waals surface area contributed by atoms with Crippen LogP contribution < -0.4 is 10.2 Å². The summed E-state index contributed by atoms with van der Waals surface area (Å²) in [6.45, 7) is 4.12. The number of anilines is 1. The molecule has 1 atom stereocenters. The van der Waals surface area contributed by atoms with Crippen molar-refractivity contribution in [2.24, 2.45) is 5.92 Å². The molecule has 2 aromatic carbocycles. The van der Waals surface area contributed by atoms with E-state index in [0.717, 1.165) is 44.6 Å². The van der Waals surface area contributed by atoms with Crippen LogP contribution in [0, 0.1) is 5.92 Å². The number of carbonyl (C=O) groups is 1. The lowest BCUT2D eigenvalue weighted by atomic mass is 9.99. The first-order valence-electron chi connectivity index (χ1n) is 10.0. The first-order valence-corrected chi connectivity index (χ1v) is 10.0. The van der Waals surface area contributed by atoms with Gasteiger partial charge in [0, 0.05) is 38.4 Å². The number of aromatic hydroxyl groups is 1. The summed E-state index contributed by atoms with van der Waals surface area (Å²) >= 11 is 0. The van der Waals surface area contributed by atoms with Crippen LogP contribution in [0.5, 0.6) is 5.75 Å². The van der Waals surface area contributed by atoms with Gasteiger partial charge in [-0.1, -0.05) is 36.4 Å². The van der Waals surface area contributed by atoms with Crippen molar-refractivity contribution in [1.82, 2.24) is 10.2 Å². The van der Waals surface area contributed by atoms with E-state index in [1.165, 1.54) is 11.3 Å². The van der Waals surface area contributed by atoms with Gasteiger partial charge < -0.3 is 20.2 Å². The maximum atomic E-state index is 12.5. The SMILES string of the molecule is O=C(NCC1CCN(c2ccccc2)C1)N1CC=C(c2ccc(O)cc2)CC1. The number of para-hydroxylation sites is 1. The predicted molar refractivity (Wildman–Crippen MR) is 112 cm³/mol. The number of nitrogens with one attached hydrogen (secondary N) is 1. The van der Waals surface area contributed by atoms with Gasteiger partial charge in [0.15, 0.2) is 0 Å². The van der Waals surface area contributed by atoms with Gasteiger partial charge in [0.25, 0.3) is 0 Å². The van der Waals surface area contributed by atoms with Crippen LogP contribution in [0.3, 0.4) is 0 Å². The summed E-state index contributed by atoms with van der Waals surface area (Å²) in [5.41, 5.74) is 3.61. The number of phenols is 1. The van der Waals surface area contributed by atoms with E-state index in [-0.39, 0.29) is 11.8 Å². The van der Waals surface area contributed by atoms with Crippen LogP contribution in [0.4, 0.5) is 10.5 Å². The predicted octanol–water partition coefficient (Wildman–Crippen LogP) is 3.72. The average Bonchev–Trinajstić information content (AvgIpc) is 3.22. The third-order valence-electron chi connectivity index (χ3n) is 5.68. The number of hydrogen-bond acceptors (Lipinski definition) is 3. The smallest absolute Gasteiger partial charge is 0.317 e. The van der Waals surface area contributed by atoms with Gasteiger partial charge in [0.1, 0.15) is 5.75 Å². The average molecular weight is 377 g/mol. The minimum Gasteiger partial charge on any atom is -0.508 e. The van der Waals surface area contributed by atoms with Crippen LogP contribution in [-0.4, -0.2) is 48.8 Å². The molecule has 4 rings (SSSR count). The lowest BCUT2D eigenvalue weighted by Crippen LogP contribution is -2.44. The topological polar surface area (TPSA) is 55.8 Å². The summed E-state index contributed by atoms with van der Waals surface area (Å²) in [4.78, 5) is 16.8. The highest BCUT2D eigenvalue weighted by atomic mass is 16.3. The van der Waals surface area contributed by atoms with Crippen LogP contribution in [0.2, 0.25) is 0 Å². The first-order chi connectivity index (χ1) is 13.7. The van der Waals surface area contributed by atoms with E-state index in [0.29, 0.717) is 12.5 Å². The van der Waals surface area contributed by atoms with Crippen molar-refractivity contribution < 1.29 is 9.90 Å². The van der Waals surface area contributed by atoms with Gasteiger partial charge >= 0.3 is 6.03 Å². The van der Waals surface area contributed by atoms with Gasteiger partial charge in [-0.15, -0.1) is 0 Å². The number of urea groups is 1. The van der Waals surface area contributed by atoms with Crippen LogP contribution >= 0.6 is 0 Å². The fourth-order valence-corrected chi connectivity index (χ4v) is 4.01. The summed E-state index contributed by atoms with van der Waals surface area (Å²) in [5.74, 6) is 0.774. The molecule has 5 nitrogen and oxygen atoms in total. The summed E-state index contributed by atoms with van der Waals surface area (Å²) < 4.78 is 0. The number of rotatable bonds is 4. The fraction of sp³-hybridized carbons (Fsp3) is 0.348. The molecule has 2 amide bonds. The Kier molecular flexibility index (Phi) is 5.51. The Hall–Kier alpha value is -2.95. The maximum Gasteiger partial charge on any atom is 0.317 e. The Morgan fingerprint density at radius 1 is 1.07 bits per heavy atom. The van der Waals surface area contributed by atoms with E-state index in [1.54, 1.807) is 12.1 Å². The van der Waals surface area contributed by atoms with E-state index < -0.39 is 0 Å². The number of phenolic OH excluding ortho intramolecular Hbond substituents is 1. The number of benzene rings is 2. The molecule has 1 fully saturated rings. The normalized spacial score (nSPS) is 19.4. The van der Waals surface area contributed by atoms with Crippen molar-refractivity contribution in [1.29, 1.82) is 0 Å². The number of nitrogens with zero attached hydrogens (tertiary/aromatic N) is 2. The quantitative estimate of drug-likeness (QED) is 0.854. The largest absolute Gasteiger partial charge is 0.508 e. The molecule has 1 saturated heterocycles. The van der Waals surface area contributed by atoms with Crippen LogP contribution in [0.25, 0.3) is 5.57 Å². The van der Waals surface area contributed by atoms with Crippen molar-refractivity contribution in [3.63, 3.8) is 0 Å². The molecule has 0 aromatic heterocycles. The van der Waals surface area contributed by atoms with Gasteiger partial charge in [0.05, 0.1) is 0 Å². The number of carbonyl (C=O) groups excluding carboxylic acids is 1. The Morgan fingerprint density at radius 3 is 2.57 bits per heavy atom. The highest BCUT2D eigenvalue weighted by Crippen LogP contribution is 2.25. The van der Waals surface area contributed by atoms with E-state index in [9.17, 15) is 9.90 Å². The van der Waals surface area contributed by atoms with Crippen LogP contribution in [-0.2, 0) is 0 Å².